The van der Waals surface area contributed by atoms with Gasteiger partial charge in [-0.3, -0.25) is 4.79 Å². The number of rotatable bonds is 20. The van der Waals surface area contributed by atoms with Gasteiger partial charge in [0, 0.05) is 0 Å². The highest BCUT2D eigenvalue weighted by Crippen LogP contribution is 2.13. The summed E-state index contributed by atoms with van der Waals surface area (Å²) in [5.74, 6) is -0.258. The van der Waals surface area contributed by atoms with Gasteiger partial charge in [-0.05, 0) is 30.9 Å². The molecule has 32 heavy (non-hydrogen) atoms. The van der Waals surface area contributed by atoms with E-state index in [1.54, 1.807) is 12.1 Å². The summed E-state index contributed by atoms with van der Waals surface area (Å²) in [6, 6.07) is 2.60. The number of carbonyl (C=O) groups excluding carboxylic acids is 2. The summed E-state index contributed by atoms with van der Waals surface area (Å²) < 4.78 is 10.6. The lowest BCUT2D eigenvalue weighted by Crippen LogP contribution is -2.42. The lowest BCUT2D eigenvalue weighted by Gasteiger charge is -2.19. The quantitative estimate of drug-likeness (QED) is 0.166. The Bertz CT molecular complexity index is 582. The zero-order valence-corrected chi connectivity index (χ0v) is 20.8. The maximum Gasteiger partial charge on any atom is 0.328 e. The lowest BCUT2D eigenvalue weighted by molar-refractivity contribution is -0.146. The fourth-order valence-electron chi connectivity index (χ4n) is 3.89. The van der Waals surface area contributed by atoms with E-state index in [1.807, 2.05) is 13.8 Å². The van der Waals surface area contributed by atoms with Crippen molar-refractivity contribution < 1.29 is 18.7 Å². The van der Waals surface area contributed by atoms with Crippen molar-refractivity contribution >= 4 is 11.9 Å². The van der Waals surface area contributed by atoms with Crippen LogP contribution in [0.1, 0.15) is 128 Å². The average Bonchev–Trinajstić information content (AvgIpc) is 3.30. The first-order valence-corrected chi connectivity index (χ1v) is 13.1. The molecule has 1 N–H and O–H groups in total. The van der Waals surface area contributed by atoms with E-state index in [-0.39, 0.29) is 23.6 Å². The summed E-state index contributed by atoms with van der Waals surface area (Å²) in [6.07, 6.45) is 20.1. The molecule has 0 radical (unpaired) electrons. The first-order valence-electron chi connectivity index (χ1n) is 13.1. The fourth-order valence-corrected chi connectivity index (χ4v) is 3.89. The molecule has 1 aromatic rings. The Balaban J connectivity index is 2.04. The van der Waals surface area contributed by atoms with E-state index in [9.17, 15) is 9.59 Å². The Morgan fingerprint density at radius 1 is 0.875 bits per heavy atom. The molecule has 5 nitrogen and oxygen atoms in total. The van der Waals surface area contributed by atoms with E-state index in [0.29, 0.717) is 13.0 Å². The molecule has 184 valence electrons. The largest absolute Gasteiger partial charge is 0.464 e. The highest BCUT2D eigenvalue weighted by atomic mass is 16.5. The molecule has 0 spiro atoms. The van der Waals surface area contributed by atoms with Gasteiger partial charge in [-0.2, -0.15) is 0 Å². The summed E-state index contributed by atoms with van der Waals surface area (Å²) >= 11 is 0. The molecule has 1 aromatic heterocycles. The molecule has 5 heteroatoms. The number of unbranched alkanes of at least 4 members (excludes halogenated alkanes) is 13. The SMILES string of the molecule is CCCCCCCCCCCCCCCCOC(=O)C(CC(C)C)NC(=O)c1ccco1. The smallest absolute Gasteiger partial charge is 0.328 e. The molecule has 1 heterocycles. The molecule has 0 aliphatic heterocycles. The maximum atomic E-state index is 12.5. The Labute approximate surface area is 196 Å². The monoisotopic (exact) mass is 449 g/mol. The van der Waals surface area contributed by atoms with Gasteiger partial charge in [0.2, 0.25) is 0 Å². The van der Waals surface area contributed by atoms with Crippen LogP contribution >= 0.6 is 0 Å². The number of nitrogens with one attached hydrogen (secondary N) is 1. The second kappa shape index (κ2) is 18.8. The molecule has 0 saturated heterocycles. The Morgan fingerprint density at radius 3 is 1.88 bits per heavy atom. The summed E-state index contributed by atoms with van der Waals surface area (Å²) in [5.41, 5.74) is 0. The van der Waals surface area contributed by atoms with Crippen LogP contribution in [0.15, 0.2) is 22.8 Å². The Kier molecular flexibility index (Phi) is 16.6. The van der Waals surface area contributed by atoms with Gasteiger partial charge < -0.3 is 14.5 Å². The average molecular weight is 450 g/mol. The minimum atomic E-state index is -0.640. The Hall–Kier alpha value is -1.78. The highest BCUT2D eigenvalue weighted by molar-refractivity contribution is 5.94. The van der Waals surface area contributed by atoms with Crippen LogP contribution in [-0.2, 0) is 9.53 Å². The third kappa shape index (κ3) is 14.3. The van der Waals surface area contributed by atoms with Gasteiger partial charge in [0.15, 0.2) is 5.76 Å². The molecule has 0 aliphatic carbocycles. The predicted molar refractivity (Wildman–Crippen MR) is 131 cm³/mol. The summed E-state index contributed by atoms with van der Waals surface area (Å²) in [5, 5.41) is 2.75. The topological polar surface area (TPSA) is 68.5 Å². The molecule has 0 fully saturated rings. The van der Waals surface area contributed by atoms with Crippen molar-refractivity contribution in [3.63, 3.8) is 0 Å². The normalized spacial score (nSPS) is 12.1. The van der Waals surface area contributed by atoms with Crippen molar-refractivity contribution in [2.75, 3.05) is 6.61 Å². The van der Waals surface area contributed by atoms with E-state index < -0.39 is 6.04 Å². The first kappa shape index (κ1) is 28.3. The van der Waals surface area contributed by atoms with Gasteiger partial charge in [0.1, 0.15) is 6.04 Å². The van der Waals surface area contributed by atoms with E-state index >= 15 is 0 Å². The standard InChI is InChI=1S/C27H47NO4/c1-4-5-6-7-8-9-10-11-12-13-14-15-16-17-20-32-27(30)24(22-23(2)3)28-26(29)25-19-18-21-31-25/h18-19,21,23-24H,4-17,20,22H2,1-3H3,(H,28,29). The van der Waals surface area contributed by atoms with E-state index in [2.05, 4.69) is 12.2 Å². The maximum absolute atomic E-state index is 12.5. The molecular weight excluding hydrogens is 402 g/mol. The first-order chi connectivity index (χ1) is 15.5. The van der Waals surface area contributed by atoms with Crippen LogP contribution in [0.25, 0.3) is 0 Å². The summed E-state index contributed by atoms with van der Waals surface area (Å²) in [6.45, 7) is 6.73. The van der Waals surface area contributed by atoms with Crippen molar-refractivity contribution in [1.82, 2.24) is 5.32 Å². The summed E-state index contributed by atoms with van der Waals surface area (Å²) in [4.78, 5) is 24.7. The summed E-state index contributed by atoms with van der Waals surface area (Å²) in [7, 11) is 0. The van der Waals surface area contributed by atoms with Crippen LogP contribution in [0.2, 0.25) is 0 Å². The zero-order chi connectivity index (χ0) is 23.4. The second-order valence-electron chi connectivity index (χ2n) is 9.40. The molecule has 0 aromatic carbocycles. The van der Waals surface area contributed by atoms with Crippen LogP contribution < -0.4 is 5.32 Å². The molecule has 0 aliphatic rings. The van der Waals surface area contributed by atoms with Crippen LogP contribution in [0.4, 0.5) is 0 Å². The molecule has 0 saturated carbocycles. The van der Waals surface area contributed by atoms with Gasteiger partial charge in [-0.15, -0.1) is 0 Å². The van der Waals surface area contributed by atoms with E-state index in [0.717, 1.165) is 12.8 Å². The number of carbonyl (C=O) groups is 2. The molecule has 1 atom stereocenters. The Morgan fingerprint density at radius 2 is 1.41 bits per heavy atom. The van der Waals surface area contributed by atoms with Crippen LogP contribution in [-0.4, -0.2) is 24.5 Å². The van der Waals surface area contributed by atoms with E-state index in [4.69, 9.17) is 9.15 Å². The third-order valence-corrected chi connectivity index (χ3v) is 5.78. The number of hydrogen-bond acceptors (Lipinski definition) is 4. The second-order valence-corrected chi connectivity index (χ2v) is 9.40. The molecular formula is C27H47NO4. The van der Waals surface area contributed by atoms with Crippen molar-refractivity contribution in [2.24, 2.45) is 5.92 Å². The van der Waals surface area contributed by atoms with Gasteiger partial charge in [-0.1, -0.05) is 104 Å². The van der Waals surface area contributed by atoms with Crippen molar-refractivity contribution in [3.8, 4) is 0 Å². The van der Waals surface area contributed by atoms with Crippen molar-refractivity contribution in [3.05, 3.63) is 24.2 Å². The molecule has 1 unspecified atom stereocenters. The number of amides is 1. The van der Waals surface area contributed by atoms with Crippen molar-refractivity contribution in [1.29, 1.82) is 0 Å². The van der Waals surface area contributed by atoms with Crippen LogP contribution in [0.3, 0.4) is 0 Å². The molecule has 1 rings (SSSR count). The number of esters is 1. The molecule has 1 amide bonds. The zero-order valence-electron chi connectivity index (χ0n) is 20.8. The minimum Gasteiger partial charge on any atom is -0.464 e. The fraction of sp³-hybridized carbons (Fsp3) is 0.778. The van der Waals surface area contributed by atoms with Gasteiger partial charge in [-0.25, -0.2) is 4.79 Å². The van der Waals surface area contributed by atoms with Gasteiger partial charge in [0.05, 0.1) is 12.9 Å². The van der Waals surface area contributed by atoms with Gasteiger partial charge >= 0.3 is 5.97 Å². The minimum absolute atomic E-state index is 0.207. The van der Waals surface area contributed by atoms with E-state index in [1.165, 1.54) is 83.3 Å². The highest BCUT2D eigenvalue weighted by Gasteiger charge is 2.24. The van der Waals surface area contributed by atoms with Gasteiger partial charge in [0.25, 0.3) is 5.91 Å². The molecule has 0 bridgehead atoms. The number of hydrogen-bond donors (Lipinski definition) is 1. The lowest BCUT2D eigenvalue weighted by atomic mass is 10.0. The number of ether oxygens (including phenoxy) is 1. The van der Waals surface area contributed by atoms with Crippen LogP contribution in [0, 0.1) is 5.92 Å². The van der Waals surface area contributed by atoms with Crippen LogP contribution in [0.5, 0.6) is 0 Å². The van der Waals surface area contributed by atoms with Crippen molar-refractivity contribution in [2.45, 2.75) is 123 Å². The third-order valence-electron chi connectivity index (χ3n) is 5.78. The predicted octanol–water partition coefficient (Wildman–Crippen LogP) is 7.45. The number of furan rings is 1.